The van der Waals surface area contributed by atoms with Crippen LogP contribution in [0.3, 0.4) is 0 Å². The van der Waals surface area contributed by atoms with Gasteiger partial charge >= 0.3 is 5.97 Å². The zero-order valence-electron chi connectivity index (χ0n) is 23.0. The van der Waals surface area contributed by atoms with Crippen molar-refractivity contribution in [3.63, 3.8) is 0 Å². The molecular formula is C26H40N6O7. The number of nitro benzene ring substituents is 2. The van der Waals surface area contributed by atoms with Crippen LogP contribution in [0.1, 0.15) is 48.4 Å². The molecule has 0 aliphatic rings. The Morgan fingerprint density at radius 1 is 0.769 bits per heavy atom. The van der Waals surface area contributed by atoms with Gasteiger partial charge < -0.3 is 26.0 Å². The number of hydrogen-bond donors (Lipinski definition) is 3. The summed E-state index contributed by atoms with van der Waals surface area (Å²) < 4.78 is 0. The Labute approximate surface area is 228 Å². The Morgan fingerprint density at radius 2 is 1.15 bits per heavy atom. The maximum absolute atomic E-state index is 11.8. The average molecular weight is 549 g/mol. The van der Waals surface area contributed by atoms with Crippen LogP contribution in [-0.4, -0.2) is 89.0 Å². The molecule has 39 heavy (non-hydrogen) atoms. The molecule has 0 radical (unpaired) electrons. The fraction of sp³-hybridized carbons (Fsp3) is 0.462. The van der Waals surface area contributed by atoms with Crippen LogP contribution in [0.25, 0.3) is 0 Å². The van der Waals surface area contributed by atoms with Crippen LogP contribution in [0, 0.1) is 20.2 Å². The van der Waals surface area contributed by atoms with Gasteiger partial charge in [-0.05, 0) is 50.4 Å². The summed E-state index contributed by atoms with van der Waals surface area (Å²) in [7, 11) is 0. The maximum atomic E-state index is 11.8. The van der Waals surface area contributed by atoms with E-state index in [9.17, 15) is 29.8 Å². The number of aromatic carboxylic acids is 1. The van der Waals surface area contributed by atoms with E-state index in [4.69, 9.17) is 10.8 Å². The molecule has 0 saturated carbocycles. The molecule has 0 aromatic heterocycles. The minimum Gasteiger partial charge on any atom is -0.478 e. The van der Waals surface area contributed by atoms with E-state index < -0.39 is 15.8 Å². The fourth-order valence-corrected chi connectivity index (χ4v) is 3.15. The predicted octanol–water partition coefficient (Wildman–Crippen LogP) is 3.25. The summed E-state index contributed by atoms with van der Waals surface area (Å²) in [6, 6.07) is 10.3. The summed E-state index contributed by atoms with van der Waals surface area (Å²) in [6.45, 7) is 15.8. The summed E-state index contributed by atoms with van der Waals surface area (Å²) >= 11 is 0. The predicted molar refractivity (Wildman–Crippen MR) is 150 cm³/mol. The number of amides is 1. The number of nitrogens with one attached hydrogen (secondary N) is 1. The lowest BCUT2D eigenvalue weighted by Gasteiger charge is -2.17. The van der Waals surface area contributed by atoms with Crippen LogP contribution in [0.2, 0.25) is 0 Å². The zero-order chi connectivity index (χ0) is 29.8. The Hall–Kier alpha value is -3.94. The number of benzene rings is 2. The first-order chi connectivity index (χ1) is 18.5. The minimum atomic E-state index is -1.09. The molecule has 13 nitrogen and oxygen atoms in total. The highest BCUT2D eigenvalue weighted by Crippen LogP contribution is 2.12. The third-order valence-electron chi connectivity index (χ3n) is 5.61. The van der Waals surface area contributed by atoms with Crippen molar-refractivity contribution in [3.05, 3.63) is 79.9 Å². The van der Waals surface area contributed by atoms with Gasteiger partial charge in [-0.1, -0.05) is 27.7 Å². The first-order valence-corrected chi connectivity index (χ1v) is 12.7. The van der Waals surface area contributed by atoms with Crippen molar-refractivity contribution >= 4 is 23.3 Å². The number of hydrogen-bond acceptors (Lipinski definition) is 9. The topological polar surface area (TPSA) is 185 Å². The monoisotopic (exact) mass is 548 g/mol. The smallest absolute Gasteiger partial charge is 0.335 e. The highest BCUT2D eigenvalue weighted by molar-refractivity contribution is 5.94. The van der Waals surface area contributed by atoms with E-state index in [1.54, 1.807) is 0 Å². The van der Waals surface area contributed by atoms with Crippen LogP contribution < -0.4 is 11.1 Å². The fourth-order valence-electron chi connectivity index (χ4n) is 3.15. The molecule has 2 aromatic carbocycles. The van der Waals surface area contributed by atoms with E-state index in [0.717, 1.165) is 57.9 Å². The molecule has 0 unspecified atom stereocenters. The molecule has 0 heterocycles. The van der Waals surface area contributed by atoms with Crippen molar-refractivity contribution in [2.45, 2.75) is 27.7 Å². The van der Waals surface area contributed by atoms with Gasteiger partial charge in [0.25, 0.3) is 17.3 Å². The Morgan fingerprint density at radius 3 is 1.46 bits per heavy atom. The Bertz CT molecular complexity index is 975. The van der Waals surface area contributed by atoms with Crippen LogP contribution >= 0.6 is 0 Å². The molecule has 4 N–H and O–H groups in total. The third kappa shape index (κ3) is 14.5. The molecule has 216 valence electrons. The second-order valence-electron chi connectivity index (χ2n) is 8.01. The first kappa shape index (κ1) is 35.1. The molecule has 0 saturated heterocycles. The summed E-state index contributed by atoms with van der Waals surface area (Å²) in [5, 5.41) is 31.9. The van der Waals surface area contributed by atoms with Crippen molar-refractivity contribution < 1.29 is 24.5 Å². The summed E-state index contributed by atoms with van der Waals surface area (Å²) in [5.74, 6) is -1.30. The molecule has 0 atom stereocenters. The molecule has 0 fully saturated rings. The van der Waals surface area contributed by atoms with E-state index >= 15 is 0 Å². The zero-order valence-corrected chi connectivity index (χ0v) is 23.0. The van der Waals surface area contributed by atoms with Gasteiger partial charge in [-0.3, -0.25) is 25.0 Å². The number of nitrogens with two attached hydrogens (primary N) is 1. The Kier molecular flexibility index (Phi) is 18.0. The molecule has 2 rings (SSSR count). The lowest BCUT2D eigenvalue weighted by molar-refractivity contribution is -0.385. The Balaban J connectivity index is 0.000000616. The van der Waals surface area contributed by atoms with Crippen molar-refractivity contribution in [3.8, 4) is 0 Å². The van der Waals surface area contributed by atoms with Gasteiger partial charge in [-0.2, -0.15) is 0 Å². The number of carbonyl (C=O) groups is 2. The molecular weight excluding hydrogens is 508 g/mol. The number of nitro groups is 2. The summed E-state index contributed by atoms with van der Waals surface area (Å²) in [6.07, 6.45) is 0. The van der Waals surface area contributed by atoms with Crippen LogP contribution in [0.15, 0.2) is 48.5 Å². The highest BCUT2D eigenvalue weighted by Gasteiger charge is 2.09. The number of carbonyl (C=O) groups excluding carboxylic acids is 1. The van der Waals surface area contributed by atoms with Crippen molar-refractivity contribution in [2.24, 2.45) is 5.73 Å². The van der Waals surface area contributed by atoms with Crippen molar-refractivity contribution in [1.82, 2.24) is 15.1 Å². The second-order valence-corrected chi connectivity index (χ2v) is 8.01. The summed E-state index contributed by atoms with van der Waals surface area (Å²) in [4.78, 5) is 46.2. The van der Waals surface area contributed by atoms with E-state index in [0.29, 0.717) is 12.1 Å². The number of carboxylic acid groups (broad SMARTS) is 1. The van der Waals surface area contributed by atoms with E-state index in [1.165, 1.54) is 36.4 Å². The highest BCUT2D eigenvalue weighted by atomic mass is 16.6. The van der Waals surface area contributed by atoms with E-state index in [-0.39, 0.29) is 22.8 Å². The van der Waals surface area contributed by atoms with Crippen molar-refractivity contribution in [2.75, 3.05) is 52.4 Å². The minimum absolute atomic E-state index is 0.0142. The van der Waals surface area contributed by atoms with Crippen LogP contribution in [0.5, 0.6) is 0 Å². The molecule has 13 heteroatoms. The molecule has 0 bridgehead atoms. The number of nitrogens with zero attached hydrogens (tertiary/aromatic N) is 4. The molecule has 1 amide bonds. The molecule has 0 spiro atoms. The second kappa shape index (κ2) is 20.1. The molecule has 0 aliphatic heterocycles. The summed E-state index contributed by atoms with van der Waals surface area (Å²) in [5.41, 5.74) is 5.69. The van der Waals surface area contributed by atoms with E-state index in [1.807, 2.05) is 0 Å². The van der Waals surface area contributed by atoms with Crippen LogP contribution in [-0.2, 0) is 0 Å². The number of non-ortho nitro benzene ring substituents is 2. The largest absolute Gasteiger partial charge is 0.478 e. The maximum Gasteiger partial charge on any atom is 0.335 e. The van der Waals surface area contributed by atoms with Gasteiger partial charge in [0.05, 0.1) is 15.4 Å². The van der Waals surface area contributed by atoms with Gasteiger partial charge in [0.2, 0.25) is 0 Å². The van der Waals surface area contributed by atoms with Gasteiger partial charge in [0.1, 0.15) is 0 Å². The molecule has 2 aromatic rings. The average Bonchev–Trinajstić information content (AvgIpc) is 2.94. The van der Waals surface area contributed by atoms with Crippen molar-refractivity contribution in [1.29, 1.82) is 0 Å². The lowest BCUT2D eigenvalue weighted by atomic mass is 10.2. The van der Waals surface area contributed by atoms with Gasteiger partial charge in [0, 0.05) is 56.0 Å². The number of carboxylic acids is 1. The lowest BCUT2D eigenvalue weighted by Crippen LogP contribution is -2.34. The van der Waals surface area contributed by atoms with E-state index in [2.05, 4.69) is 42.8 Å². The van der Waals surface area contributed by atoms with Gasteiger partial charge in [0.15, 0.2) is 0 Å². The first-order valence-electron chi connectivity index (χ1n) is 12.7. The standard InChI is InChI=1S/C13H19N3O3.C7H5NO4.C6H16N2/c1-3-15(4-2)10-9-14-13(17)11-5-7-12(8-6-11)16(18)19;9-7(10)5-1-3-6(4-2-5)8(11)12;1-3-8(4-2)6-5-7/h5-8H,3-4,9-10H2,1-2H3,(H,14,17);1-4H,(H,9,10);3-7H2,1-2H3. The van der Waals surface area contributed by atoms with Gasteiger partial charge in [-0.25, -0.2) is 4.79 Å². The normalized spacial score (nSPS) is 10.1. The van der Waals surface area contributed by atoms with Crippen LogP contribution in [0.4, 0.5) is 11.4 Å². The number of rotatable bonds is 13. The third-order valence-corrected chi connectivity index (χ3v) is 5.61. The number of likely N-dealkylation sites (N-methyl/N-ethyl adjacent to an activating group) is 2. The molecule has 0 aliphatic carbocycles. The quantitative estimate of drug-likeness (QED) is 0.248. The van der Waals surface area contributed by atoms with Gasteiger partial charge in [-0.15, -0.1) is 0 Å². The SMILES string of the molecule is CCN(CC)CCN.CCN(CC)CCNC(=O)c1ccc([N+](=O)[O-])cc1.O=C(O)c1ccc([N+](=O)[O-])cc1.